The van der Waals surface area contributed by atoms with Gasteiger partial charge in [-0.1, -0.05) is 18.2 Å². The fourth-order valence-electron chi connectivity index (χ4n) is 4.65. The molecule has 0 saturated carbocycles. The molecule has 2 aliphatic heterocycles. The van der Waals surface area contributed by atoms with Gasteiger partial charge in [-0.3, -0.25) is 4.90 Å². The Morgan fingerprint density at radius 2 is 1.78 bits per heavy atom. The molecule has 9 nitrogen and oxygen atoms in total. The number of piperazine rings is 1. The van der Waals surface area contributed by atoms with E-state index >= 15 is 0 Å². The van der Waals surface area contributed by atoms with E-state index in [9.17, 15) is 9.59 Å². The number of carbonyl (C=O) groups is 2. The first kappa shape index (κ1) is 26.3. The second kappa shape index (κ2) is 12.0. The minimum Gasteiger partial charge on any atom is -0.497 e. The van der Waals surface area contributed by atoms with Crippen LogP contribution >= 0.6 is 0 Å². The first-order chi connectivity index (χ1) is 17.9. The highest BCUT2D eigenvalue weighted by Crippen LogP contribution is 2.30. The van der Waals surface area contributed by atoms with Crippen LogP contribution in [-0.4, -0.2) is 69.4 Å². The van der Waals surface area contributed by atoms with E-state index in [-0.39, 0.29) is 18.7 Å². The van der Waals surface area contributed by atoms with Gasteiger partial charge in [-0.2, -0.15) is 0 Å². The summed E-state index contributed by atoms with van der Waals surface area (Å²) in [5, 5.41) is 5.78. The van der Waals surface area contributed by atoms with Crippen molar-refractivity contribution in [3.63, 3.8) is 0 Å². The van der Waals surface area contributed by atoms with Crippen molar-refractivity contribution in [1.82, 2.24) is 15.5 Å². The van der Waals surface area contributed by atoms with Crippen molar-refractivity contribution in [3.8, 4) is 11.5 Å². The average Bonchev–Trinajstić information content (AvgIpc) is 2.89. The highest BCUT2D eigenvalue weighted by molar-refractivity contribution is 5.95. The molecule has 2 amide bonds. The molecule has 1 fully saturated rings. The SMILES string of the molecule is CCOC(=O)C1=C(CN2CCN(c3cccc(OC)c3)CC2)NC(=O)N[C@H]1c1ccc(OC(C)C)cc1. The fourth-order valence-corrected chi connectivity index (χ4v) is 4.65. The Bertz CT molecular complexity index is 1120. The Kier molecular flexibility index (Phi) is 8.55. The molecule has 0 unspecified atom stereocenters. The molecule has 1 atom stereocenters. The summed E-state index contributed by atoms with van der Waals surface area (Å²) in [4.78, 5) is 30.3. The number of amides is 2. The predicted molar refractivity (Wildman–Crippen MR) is 142 cm³/mol. The van der Waals surface area contributed by atoms with Gasteiger partial charge >= 0.3 is 12.0 Å². The topological polar surface area (TPSA) is 92.4 Å². The van der Waals surface area contributed by atoms with Crippen LogP contribution in [0.1, 0.15) is 32.4 Å². The van der Waals surface area contributed by atoms with E-state index in [0.717, 1.165) is 48.9 Å². The zero-order chi connectivity index (χ0) is 26.4. The number of anilines is 1. The molecule has 2 N–H and O–H groups in total. The highest BCUT2D eigenvalue weighted by atomic mass is 16.5. The van der Waals surface area contributed by atoms with Crippen LogP contribution in [-0.2, 0) is 9.53 Å². The normalized spacial score (nSPS) is 18.4. The van der Waals surface area contributed by atoms with Gasteiger partial charge in [-0.05, 0) is 50.6 Å². The molecule has 2 aliphatic rings. The quantitative estimate of drug-likeness (QED) is 0.501. The maximum atomic E-state index is 13.1. The molecule has 0 aliphatic carbocycles. The number of esters is 1. The maximum Gasteiger partial charge on any atom is 0.338 e. The molecule has 0 bridgehead atoms. The van der Waals surface area contributed by atoms with Gasteiger partial charge in [0.25, 0.3) is 0 Å². The third kappa shape index (κ3) is 6.54. The minimum atomic E-state index is -0.617. The first-order valence-corrected chi connectivity index (χ1v) is 12.7. The fraction of sp³-hybridized carbons (Fsp3) is 0.429. The van der Waals surface area contributed by atoms with Crippen LogP contribution in [0.3, 0.4) is 0 Å². The minimum absolute atomic E-state index is 0.0513. The Labute approximate surface area is 218 Å². The molecule has 37 heavy (non-hydrogen) atoms. The summed E-state index contributed by atoms with van der Waals surface area (Å²) >= 11 is 0. The van der Waals surface area contributed by atoms with Gasteiger partial charge in [0.05, 0.1) is 31.4 Å². The molecule has 2 heterocycles. The number of ether oxygens (including phenoxy) is 3. The number of hydrogen-bond donors (Lipinski definition) is 2. The van der Waals surface area contributed by atoms with Crippen LogP contribution in [0.25, 0.3) is 0 Å². The number of urea groups is 1. The van der Waals surface area contributed by atoms with Crippen molar-refractivity contribution in [2.75, 3.05) is 51.3 Å². The average molecular weight is 509 g/mol. The van der Waals surface area contributed by atoms with Crippen LogP contribution in [0.2, 0.25) is 0 Å². The van der Waals surface area contributed by atoms with Gasteiger partial charge in [0.2, 0.25) is 0 Å². The molecule has 0 radical (unpaired) electrons. The summed E-state index contributed by atoms with van der Waals surface area (Å²) in [7, 11) is 1.67. The van der Waals surface area contributed by atoms with Gasteiger partial charge < -0.3 is 29.7 Å². The number of carbonyl (C=O) groups excluding carboxylic acids is 2. The molecule has 1 saturated heterocycles. The summed E-state index contributed by atoms with van der Waals surface area (Å²) in [6.07, 6.45) is 0.0513. The van der Waals surface area contributed by atoms with Crippen molar-refractivity contribution in [2.45, 2.75) is 32.9 Å². The van der Waals surface area contributed by atoms with Crippen molar-refractivity contribution in [3.05, 3.63) is 65.4 Å². The number of hydrogen-bond acceptors (Lipinski definition) is 7. The summed E-state index contributed by atoms with van der Waals surface area (Å²) < 4.78 is 16.5. The van der Waals surface area contributed by atoms with E-state index in [1.54, 1.807) is 14.0 Å². The zero-order valence-electron chi connectivity index (χ0n) is 22.0. The Morgan fingerprint density at radius 1 is 1.05 bits per heavy atom. The standard InChI is InChI=1S/C28H36N4O5/c1-5-36-27(33)25-24(18-31-13-15-32(16-14-31)21-7-6-8-23(17-21)35-4)29-28(34)30-26(25)20-9-11-22(12-10-20)37-19(2)3/h6-12,17,19,26H,5,13-16,18H2,1-4H3,(H2,29,30,34)/t26-/m0/s1. The Hall–Kier alpha value is -3.72. The second-order valence-corrected chi connectivity index (χ2v) is 9.34. The third-order valence-corrected chi connectivity index (χ3v) is 6.41. The molecule has 0 spiro atoms. The van der Waals surface area contributed by atoms with Crippen LogP contribution in [0.4, 0.5) is 10.5 Å². The maximum absolute atomic E-state index is 13.1. The molecule has 0 aromatic heterocycles. The Morgan fingerprint density at radius 3 is 2.43 bits per heavy atom. The van der Waals surface area contributed by atoms with E-state index < -0.39 is 12.0 Å². The molecular formula is C28H36N4O5. The van der Waals surface area contributed by atoms with E-state index in [0.29, 0.717) is 17.8 Å². The van der Waals surface area contributed by atoms with E-state index in [1.807, 2.05) is 56.3 Å². The molecular weight excluding hydrogens is 472 g/mol. The predicted octanol–water partition coefficient (Wildman–Crippen LogP) is 3.48. The van der Waals surface area contributed by atoms with Gasteiger partial charge in [0.1, 0.15) is 11.5 Å². The molecule has 2 aromatic rings. The van der Waals surface area contributed by atoms with Crippen molar-refractivity contribution in [2.24, 2.45) is 0 Å². The van der Waals surface area contributed by atoms with E-state index in [4.69, 9.17) is 14.2 Å². The van der Waals surface area contributed by atoms with Crippen LogP contribution < -0.4 is 25.0 Å². The third-order valence-electron chi connectivity index (χ3n) is 6.41. The highest BCUT2D eigenvalue weighted by Gasteiger charge is 2.34. The van der Waals surface area contributed by atoms with Crippen molar-refractivity contribution >= 4 is 17.7 Å². The molecule has 2 aromatic carbocycles. The molecule has 9 heteroatoms. The van der Waals surface area contributed by atoms with Crippen molar-refractivity contribution < 1.29 is 23.8 Å². The number of nitrogens with one attached hydrogen (secondary N) is 2. The van der Waals surface area contributed by atoms with Crippen molar-refractivity contribution in [1.29, 1.82) is 0 Å². The Balaban J connectivity index is 1.53. The van der Waals surface area contributed by atoms with Gasteiger partial charge in [0.15, 0.2) is 0 Å². The lowest BCUT2D eigenvalue weighted by Crippen LogP contribution is -2.51. The monoisotopic (exact) mass is 508 g/mol. The lowest BCUT2D eigenvalue weighted by Gasteiger charge is -2.38. The van der Waals surface area contributed by atoms with Crippen LogP contribution in [0.15, 0.2) is 59.8 Å². The molecule has 198 valence electrons. The van der Waals surface area contributed by atoms with Crippen LogP contribution in [0.5, 0.6) is 11.5 Å². The summed E-state index contributed by atoms with van der Waals surface area (Å²) in [6, 6.07) is 14.5. The number of methoxy groups -OCH3 is 1. The smallest absolute Gasteiger partial charge is 0.338 e. The van der Waals surface area contributed by atoms with Gasteiger partial charge in [-0.25, -0.2) is 9.59 Å². The first-order valence-electron chi connectivity index (χ1n) is 12.7. The van der Waals surface area contributed by atoms with Gasteiger partial charge in [0, 0.05) is 50.2 Å². The largest absolute Gasteiger partial charge is 0.497 e. The lowest BCUT2D eigenvalue weighted by atomic mass is 9.94. The summed E-state index contributed by atoms with van der Waals surface area (Å²) in [5.74, 6) is 1.12. The number of rotatable bonds is 9. The van der Waals surface area contributed by atoms with Gasteiger partial charge in [-0.15, -0.1) is 0 Å². The number of nitrogens with zero attached hydrogens (tertiary/aromatic N) is 2. The van der Waals surface area contributed by atoms with E-state index in [2.05, 4.69) is 26.5 Å². The summed E-state index contributed by atoms with van der Waals surface area (Å²) in [6.45, 7) is 9.60. The molecule has 4 rings (SSSR count). The zero-order valence-corrected chi connectivity index (χ0v) is 22.0. The summed E-state index contributed by atoms with van der Waals surface area (Å²) in [5.41, 5.74) is 2.90. The lowest BCUT2D eigenvalue weighted by molar-refractivity contribution is -0.139. The second-order valence-electron chi connectivity index (χ2n) is 9.34. The number of benzene rings is 2. The van der Waals surface area contributed by atoms with Crippen LogP contribution in [0, 0.1) is 0 Å². The van der Waals surface area contributed by atoms with E-state index in [1.165, 1.54) is 0 Å².